The number of rotatable bonds is 9. The van der Waals surface area contributed by atoms with Crippen LogP contribution in [0.4, 0.5) is 10.7 Å². The number of nitrogens with one attached hydrogen (secondary N) is 3. The van der Waals surface area contributed by atoms with Gasteiger partial charge in [0.15, 0.2) is 0 Å². The molecule has 10 heteroatoms. The number of amides is 3. The van der Waals surface area contributed by atoms with Gasteiger partial charge in [-0.2, -0.15) is 4.98 Å². The number of aromatic nitrogens is 2. The third kappa shape index (κ3) is 6.42. The molecule has 0 unspecified atom stereocenters. The second-order valence-corrected chi connectivity index (χ2v) is 8.14. The van der Waals surface area contributed by atoms with E-state index in [2.05, 4.69) is 25.9 Å². The van der Waals surface area contributed by atoms with Crippen molar-refractivity contribution >= 4 is 40.8 Å². The highest BCUT2D eigenvalue weighted by atomic mass is 32.2. The lowest BCUT2D eigenvalue weighted by atomic mass is 10.2. The summed E-state index contributed by atoms with van der Waals surface area (Å²) in [6.45, 7) is 1.01. The molecule has 0 bridgehead atoms. The van der Waals surface area contributed by atoms with Gasteiger partial charge in [0.1, 0.15) is 6.61 Å². The van der Waals surface area contributed by atoms with E-state index in [1.165, 1.54) is 6.08 Å². The second kappa shape index (κ2) is 11.1. The molecule has 0 radical (unpaired) electrons. The lowest BCUT2D eigenvalue weighted by molar-refractivity contribution is -0.115. The van der Waals surface area contributed by atoms with E-state index in [4.69, 9.17) is 4.74 Å². The fourth-order valence-electron chi connectivity index (χ4n) is 3.00. The van der Waals surface area contributed by atoms with E-state index in [0.29, 0.717) is 36.8 Å². The first kappa shape index (κ1) is 23.0. The van der Waals surface area contributed by atoms with Crippen LogP contribution in [0, 0.1) is 0 Å². The number of carbonyl (C=O) groups is 3. The molecule has 2 aromatic carbocycles. The van der Waals surface area contributed by atoms with Crippen molar-refractivity contribution in [2.24, 2.45) is 0 Å². The van der Waals surface area contributed by atoms with Crippen molar-refractivity contribution in [2.45, 2.75) is 6.61 Å². The van der Waals surface area contributed by atoms with Crippen molar-refractivity contribution in [3.63, 3.8) is 0 Å². The minimum absolute atomic E-state index is 0.178. The van der Waals surface area contributed by atoms with E-state index >= 15 is 0 Å². The fraction of sp³-hybridized carbons (Fsp3) is 0.125. The van der Waals surface area contributed by atoms with Gasteiger partial charge in [-0.25, -0.2) is 4.98 Å². The number of imide groups is 1. The average Bonchev–Trinajstić information content (AvgIpc) is 3.17. The molecule has 1 saturated heterocycles. The Balaban J connectivity index is 1.44. The molecule has 3 aromatic rings. The summed E-state index contributed by atoms with van der Waals surface area (Å²) in [5.41, 5.74) is 1.95. The Morgan fingerprint density at radius 3 is 2.44 bits per heavy atom. The van der Waals surface area contributed by atoms with Gasteiger partial charge in [-0.1, -0.05) is 48.5 Å². The van der Waals surface area contributed by atoms with E-state index < -0.39 is 11.1 Å². The molecule has 2 heterocycles. The summed E-state index contributed by atoms with van der Waals surface area (Å²) in [5.74, 6) is -0.0847. The maximum atomic E-state index is 12.2. The van der Waals surface area contributed by atoms with Gasteiger partial charge >= 0.3 is 0 Å². The number of nitrogens with zero attached hydrogens (tertiary/aromatic N) is 2. The van der Waals surface area contributed by atoms with Crippen molar-refractivity contribution in [3.8, 4) is 5.88 Å². The van der Waals surface area contributed by atoms with Crippen molar-refractivity contribution in [1.29, 1.82) is 0 Å². The SMILES string of the molecule is O=C1NC(=O)/C(=C\c2cc(OCc3ccccc3)nc(NCCNC(=O)c3ccccc3)n2)S1. The zero-order valence-corrected chi connectivity index (χ0v) is 18.8. The molecule has 172 valence electrons. The molecule has 0 atom stereocenters. The van der Waals surface area contributed by atoms with Crippen LogP contribution in [-0.4, -0.2) is 40.1 Å². The molecule has 1 aromatic heterocycles. The van der Waals surface area contributed by atoms with Gasteiger partial charge in [0.2, 0.25) is 11.8 Å². The van der Waals surface area contributed by atoms with E-state index in [-0.39, 0.29) is 16.8 Å². The Kier molecular flexibility index (Phi) is 7.51. The van der Waals surface area contributed by atoms with Crippen LogP contribution < -0.4 is 20.7 Å². The fourth-order valence-corrected chi connectivity index (χ4v) is 3.67. The molecule has 3 N–H and O–H groups in total. The van der Waals surface area contributed by atoms with Crippen LogP contribution in [0.3, 0.4) is 0 Å². The molecule has 0 aliphatic carbocycles. The lowest BCUT2D eigenvalue weighted by Crippen LogP contribution is -2.29. The molecule has 9 nitrogen and oxygen atoms in total. The van der Waals surface area contributed by atoms with Crippen LogP contribution in [0.25, 0.3) is 6.08 Å². The van der Waals surface area contributed by atoms with Crippen LogP contribution >= 0.6 is 11.8 Å². The number of hydrogen-bond donors (Lipinski definition) is 3. The minimum atomic E-state index is -0.474. The summed E-state index contributed by atoms with van der Waals surface area (Å²) in [6, 6.07) is 20.1. The monoisotopic (exact) mass is 475 g/mol. The molecule has 0 saturated carbocycles. The zero-order chi connectivity index (χ0) is 23.8. The summed E-state index contributed by atoms with van der Waals surface area (Å²) < 4.78 is 5.82. The summed E-state index contributed by atoms with van der Waals surface area (Å²) in [4.78, 5) is 44.5. The Morgan fingerprint density at radius 2 is 1.74 bits per heavy atom. The quantitative estimate of drug-likeness (QED) is 0.319. The highest BCUT2D eigenvalue weighted by Gasteiger charge is 2.25. The normalized spacial score (nSPS) is 14.1. The maximum Gasteiger partial charge on any atom is 0.290 e. The summed E-state index contributed by atoms with van der Waals surface area (Å²) in [6.07, 6.45) is 1.50. The Morgan fingerprint density at radius 1 is 1.00 bits per heavy atom. The van der Waals surface area contributed by atoms with Crippen LogP contribution in [0.1, 0.15) is 21.6 Å². The van der Waals surface area contributed by atoms with Crippen molar-refractivity contribution < 1.29 is 19.1 Å². The smallest absolute Gasteiger partial charge is 0.290 e. The zero-order valence-electron chi connectivity index (χ0n) is 18.0. The third-order valence-electron chi connectivity index (χ3n) is 4.60. The first-order valence-electron chi connectivity index (χ1n) is 10.4. The minimum Gasteiger partial charge on any atom is -0.473 e. The first-order chi connectivity index (χ1) is 16.6. The molecule has 0 spiro atoms. The van der Waals surface area contributed by atoms with Gasteiger partial charge in [0.05, 0.1) is 10.6 Å². The van der Waals surface area contributed by atoms with Crippen molar-refractivity contribution in [1.82, 2.24) is 20.6 Å². The molecule has 1 aliphatic rings. The maximum absolute atomic E-state index is 12.2. The number of carbonyl (C=O) groups excluding carboxylic acids is 3. The third-order valence-corrected chi connectivity index (χ3v) is 5.41. The van der Waals surface area contributed by atoms with Crippen LogP contribution in [0.2, 0.25) is 0 Å². The predicted octanol–water partition coefficient (Wildman–Crippen LogP) is 3.22. The molecular formula is C24H21N5O4S. The Labute approximate surface area is 200 Å². The van der Waals surface area contributed by atoms with Crippen LogP contribution in [-0.2, 0) is 11.4 Å². The predicted molar refractivity (Wildman–Crippen MR) is 129 cm³/mol. The standard InChI is InChI=1S/C24H21N5O4S/c30-21(17-9-5-2-6-10-17)25-11-12-26-23-27-18(13-19-22(31)29-24(32)34-19)14-20(28-23)33-15-16-7-3-1-4-8-16/h1-10,13-14H,11-12,15H2,(H,25,30)(H,26,27,28)(H,29,31,32)/b19-13+. The number of anilines is 1. The molecule has 1 aliphatic heterocycles. The van der Waals surface area contributed by atoms with E-state index in [1.54, 1.807) is 30.3 Å². The van der Waals surface area contributed by atoms with E-state index in [0.717, 1.165) is 17.3 Å². The lowest BCUT2D eigenvalue weighted by Gasteiger charge is -2.11. The number of ether oxygens (including phenoxy) is 1. The molecule has 1 fully saturated rings. The highest BCUT2D eigenvalue weighted by Crippen LogP contribution is 2.26. The Bertz CT molecular complexity index is 1220. The summed E-state index contributed by atoms with van der Waals surface area (Å²) >= 11 is 0.805. The van der Waals surface area contributed by atoms with Gasteiger partial charge in [-0.05, 0) is 35.5 Å². The topological polar surface area (TPSA) is 122 Å². The number of hydrogen-bond acceptors (Lipinski definition) is 8. The van der Waals surface area contributed by atoms with Gasteiger partial charge in [0.25, 0.3) is 17.1 Å². The number of benzene rings is 2. The van der Waals surface area contributed by atoms with Gasteiger partial charge in [-0.3, -0.25) is 19.7 Å². The van der Waals surface area contributed by atoms with Crippen LogP contribution in [0.5, 0.6) is 5.88 Å². The average molecular weight is 476 g/mol. The van der Waals surface area contributed by atoms with Crippen molar-refractivity contribution in [3.05, 3.63) is 88.5 Å². The molecule has 3 amide bonds. The summed E-state index contributed by atoms with van der Waals surface area (Å²) in [7, 11) is 0. The second-order valence-electron chi connectivity index (χ2n) is 7.13. The van der Waals surface area contributed by atoms with Gasteiger partial charge in [-0.15, -0.1) is 0 Å². The Hall–Kier alpha value is -4.18. The molecular weight excluding hydrogens is 454 g/mol. The highest BCUT2D eigenvalue weighted by molar-refractivity contribution is 8.18. The van der Waals surface area contributed by atoms with Gasteiger partial charge in [0, 0.05) is 24.7 Å². The van der Waals surface area contributed by atoms with Gasteiger partial charge < -0.3 is 15.4 Å². The first-order valence-corrected chi connectivity index (χ1v) is 11.3. The molecule has 34 heavy (non-hydrogen) atoms. The largest absolute Gasteiger partial charge is 0.473 e. The van der Waals surface area contributed by atoms with Crippen molar-refractivity contribution in [2.75, 3.05) is 18.4 Å². The number of thioether (sulfide) groups is 1. The summed E-state index contributed by atoms with van der Waals surface area (Å²) in [5, 5.41) is 7.66. The van der Waals surface area contributed by atoms with Crippen LogP contribution in [0.15, 0.2) is 71.6 Å². The van der Waals surface area contributed by atoms with E-state index in [9.17, 15) is 14.4 Å². The van der Waals surface area contributed by atoms with E-state index in [1.807, 2.05) is 36.4 Å². The molecule has 4 rings (SSSR count).